The molecule has 3 rings (SSSR count). The van der Waals surface area contributed by atoms with Crippen molar-refractivity contribution >= 4 is 11.9 Å². The Kier molecular flexibility index (Phi) is 7.93. The molecule has 0 aliphatic heterocycles. The zero-order valence-electron chi connectivity index (χ0n) is 27.1. The van der Waals surface area contributed by atoms with Crippen LogP contribution in [0.25, 0.3) is 0 Å². The first-order valence-corrected chi connectivity index (χ1v) is 14.5. The van der Waals surface area contributed by atoms with Crippen LogP contribution in [-0.4, -0.2) is 27.3 Å². The highest BCUT2D eigenvalue weighted by Crippen LogP contribution is 2.51. The molecule has 2 atom stereocenters. The normalized spacial score (nSPS) is 22.3. The van der Waals surface area contributed by atoms with Crippen LogP contribution in [0.3, 0.4) is 0 Å². The van der Waals surface area contributed by atoms with Crippen molar-refractivity contribution in [1.82, 2.24) is 0 Å². The summed E-state index contributed by atoms with van der Waals surface area (Å²) in [6, 6.07) is 11.8. The molecule has 0 saturated heterocycles. The molecule has 2 aromatic rings. The highest BCUT2D eigenvalue weighted by Gasteiger charge is 2.55. The molecule has 41 heavy (non-hydrogen) atoms. The van der Waals surface area contributed by atoms with Crippen LogP contribution in [0.5, 0.6) is 0 Å². The largest absolute Gasteiger partial charge is 0.513 e. The number of hydrogen-bond donors (Lipinski definition) is 3. The number of rotatable bonds is 4. The fourth-order valence-electron chi connectivity index (χ4n) is 5.68. The van der Waals surface area contributed by atoms with Gasteiger partial charge in [0.05, 0.1) is 5.76 Å². The maximum absolute atomic E-state index is 13.4. The Bertz CT molecular complexity index is 1320. The average molecular weight is 563 g/mol. The molecule has 0 fully saturated rings. The van der Waals surface area contributed by atoms with Gasteiger partial charge >= 0.3 is 11.9 Å². The minimum Gasteiger partial charge on any atom is -0.513 e. The number of aliphatic carboxylic acids is 2. The Labute approximate surface area is 246 Å². The van der Waals surface area contributed by atoms with E-state index in [2.05, 4.69) is 95.2 Å². The number of carboxylic acids is 2. The third-order valence-electron chi connectivity index (χ3n) is 8.67. The zero-order chi connectivity index (χ0) is 31.6. The molecule has 0 bridgehead atoms. The van der Waals surface area contributed by atoms with Gasteiger partial charge in [0.25, 0.3) is 0 Å². The Balaban J connectivity index is 2.45. The first-order valence-electron chi connectivity index (χ1n) is 14.5. The summed E-state index contributed by atoms with van der Waals surface area (Å²) in [5.41, 5.74) is 0.391. The molecule has 3 N–H and O–H groups in total. The number of allylic oxidation sites excluding steroid dienone is 1. The van der Waals surface area contributed by atoms with Gasteiger partial charge in [-0.15, -0.1) is 0 Å². The predicted molar refractivity (Wildman–Crippen MR) is 166 cm³/mol. The molecule has 0 spiro atoms. The van der Waals surface area contributed by atoms with Gasteiger partial charge in [0.2, 0.25) is 0 Å². The van der Waals surface area contributed by atoms with Crippen LogP contribution in [0.1, 0.15) is 129 Å². The van der Waals surface area contributed by atoms with Crippen molar-refractivity contribution in [2.75, 3.05) is 0 Å². The molecule has 5 heteroatoms. The van der Waals surface area contributed by atoms with E-state index in [0.29, 0.717) is 11.1 Å². The molecule has 2 aromatic carbocycles. The third-order valence-corrected chi connectivity index (χ3v) is 8.67. The molecular formula is C36H50O5. The van der Waals surface area contributed by atoms with Gasteiger partial charge in [-0.3, -0.25) is 9.59 Å². The highest BCUT2D eigenvalue weighted by molar-refractivity contribution is 5.90. The summed E-state index contributed by atoms with van der Waals surface area (Å²) in [5, 5.41) is 33.1. The SMILES string of the molecule is CC(C)(C)c1cc(C(C)(C)C)cc(C2(C(=O)O)C=C(O)CC(C(=O)O)(c3cc(C(C)(C)C)cc(C(C)(C)C)c3)C2)c1. The molecule has 0 aromatic heterocycles. The van der Waals surface area contributed by atoms with Gasteiger partial charge in [-0.1, -0.05) is 119 Å². The molecule has 0 saturated carbocycles. The average Bonchev–Trinajstić information content (AvgIpc) is 2.80. The van der Waals surface area contributed by atoms with Crippen molar-refractivity contribution in [2.24, 2.45) is 0 Å². The lowest BCUT2D eigenvalue weighted by molar-refractivity contribution is -0.149. The van der Waals surface area contributed by atoms with E-state index in [1.165, 1.54) is 6.08 Å². The van der Waals surface area contributed by atoms with E-state index in [0.717, 1.165) is 22.3 Å². The van der Waals surface area contributed by atoms with E-state index in [1.807, 2.05) is 24.3 Å². The van der Waals surface area contributed by atoms with Crippen molar-refractivity contribution < 1.29 is 24.9 Å². The monoisotopic (exact) mass is 562 g/mol. The Morgan fingerprint density at radius 1 is 0.585 bits per heavy atom. The Hall–Kier alpha value is -3.08. The first kappa shape index (κ1) is 32.4. The van der Waals surface area contributed by atoms with E-state index < -0.39 is 22.8 Å². The van der Waals surface area contributed by atoms with Crippen molar-refractivity contribution in [2.45, 2.75) is 128 Å². The second-order valence-corrected chi connectivity index (χ2v) is 16.3. The fraction of sp³-hybridized carbons (Fsp3) is 0.556. The fourth-order valence-corrected chi connectivity index (χ4v) is 5.68. The molecule has 1 aliphatic rings. The van der Waals surface area contributed by atoms with E-state index in [4.69, 9.17) is 0 Å². The minimum absolute atomic E-state index is 0.181. The Morgan fingerprint density at radius 3 is 1.22 bits per heavy atom. The summed E-state index contributed by atoms with van der Waals surface area (Å²) in [7, 11) is 0. The maximum atomic E-state index is 13.4. The van der Waals surface area contributed by atoms with Crippen LogP contribution >= 0.6 is 0 Å². The van der Waals surface area contributed by atoms with Gasteiger partial charge in [-0.05, 0) is 67.5 Å². The molecular weight excluding hydrogens is 512 g/mol. The summed E-state index contributed by atoms with van der Waals surface area (Å²) in [6.45, 7) is 24.9. The number of benzene rings is 2. The Morgan fingerprint density at radius 2 is 0.927 bits per heavy atom. The van der Waals surface area contributed by atoms with Gasteiger partial charge in [0.1, 0.15) is 10.8 Å². The summed E-state index contributed by atoms with van der Waals surface area (Å²) < 4.78 is 0. The third kappa shape index (κ3) is 6.24. The molecule has 224 valence electrons. The molecule has 0 radical (unpaired) electrons. The van der Waals surface area contributed by atoms with Crippen LogP contribution in [0.4, 0.5) is 0 Å². The predicted octanol–water partition coefficient (Wildman–Crippen LogP) is 8.46. The van der Waals surface area contributed by atoms with E-state index in [-0.39, 0.29) is 40.3 Å². The van der Waals surface area contributed by atoms with Crippen LogP contribution in [-0.2, 0) is 42.1 Å². The van der Waals surface area contributed by atoms with Crippen LogP contribution in [0.15, 0.2) is 48.2 Å². The zero-order valence-corrected chi connectivity index (χ0v) is 27.1. The second-order valence-electron chi connectivity index (χ2n) is 16.3. The van der Waals surface area contributed by atoms with Gasteiger partial charge < -0.3 is 15.3 Å². The minimum atomic E-state index is -1.75. The van der Waals surface area contributed by atoms with Crippen molar-refractivity contribution in [3.63, 3.8) is 0 Å². The molecule has 1 aliphatic carbocycles. The van der Waals surface area contributed by atoms with Crippen LogP contribution in [0, 0.1) is 0 Å². The summed E-state index contributed by atoms with van der Waals surface area (Å²) >= 11 is 0. The van der Waals surface area contributed by atoms with Gasteiger partial charge in [-0.25, -0.2) is 0 Å². The summed E-state index contributed by atoms with van der Waals surface area (Å²) in [4.78, 5) is 26.8. The smallest absolute Gasteiger partial charge is 0.318 e. The van der Waals surface area contributed by atoms with E-state index >= 15 is 0 Å². The second kappa shape index (κ2) is 10.0. The van der Waals surface area contributed by atoms with Gasteiger partial charge in [0.15, 0.2) is 0 Å². The number of carboxylic acid groups (broad SMARTS) is 2. The lowest BCUT2D eigenvalue weighted by Crippen LogP contribution is -2.50. The molecule has 0 amide bonds. The maximum Gasteiger partial charge on any atom is 0.318 e. The lowest BCUT2D eigenvalue weighted by atomic mass is 9.58. The number of carbonyl (C=O) groups is 2. The number of aliphatic hydroxyl groups excluding tert-OH is 1. The highest BCUT2D eigenvalue weighted by atomic mass is 16.4. The lowest BCUT2D eigenvalue weighted by Gasteiger charge is -2.43. The molecule has 2 unspecified atom stereocenters. The van der Waals surface area contributed by atoms with Gasteiger partial charge in [0, 0.05) is 6.42 Å². The molecule has 0 heterocycles. The first-order chi connectivity index (χ1) is 18.3. The van der Waals surface area contributed by atoms with Gasteiger partial charge in [-0.2, -0.15) is 0 Å². The molecule has 5 nitrogen and oxygen atoms in total. The standard InChI is InChI=1S/C36H50O5/c1-31(2,3)22-13-23(32(4,5)6)16-26(15-22)35(29(38)39)19-28(37)20-36(21-35,30(40)41)27-17-24(33(7,8)9)14-25(18-27)34(10,11)12/h13-19,37H,20-21H2,1-12H3,(H,38,39)(H,40,41). The summed E-state index contributed by atoms with van der Waals surface area (Å²) in [6.07, 6.45) is 0.978. The van der Waals surface area contributed by atoms with Crippen LogP contribution < -0.4 is 0 Å². The van der Waals surface area contributed by atoms with Crippen LogP contribution in [0.2, 0.25) is 0 Å². The number of hydrogen-bond acceptors (Lipinski definition) is 3. The quantitative estimate of drug-likeness (QED) is 0.347. The van der Waals surface area contributed by atoms with Crippen molar-refractivity contribution in [1.29, 1.82) is 0 Å². The van der Waals surface area contributed by atoms with Crippen molar-refractivity contribution in [3.05, 3.63) is 81.6 Å². The summed E-state index contributed by atoms with van der Waals surface area (Å²) in [5.74, 6) is -2.54. The number of aliphatic hydroxyl groups is 1. The van der Waals surface area contributed by atoms with E-state index in [1.54, 1.807) is 0 Å². The topological polar surface area (TPSA) is 94.8 Å². The van der Waals surface area contributed by atoms with E-state index in [9.17, 15) is 24.9 Å². The van der Waals surface area contributed by atoms with Crippen molar-refractivity contribution in [3.8, 4) is 0 Å².